The molecule has 1 saturated heterocycles. The molecule has 3 aliphatic heterocycles. The number of ether oxygens (including phenoxy) is 1. The number of anilines is 1. The maximum atomic E-state index is 14.4. The Kier molecular flexibility index (Phi) is 18.4. The molecule has 0 aromatic heterocycles. The summed E-state index contributed by atoms with van der Waals surface area (Å²) in [7, 11) is 0. The van der Waals surface area contributed by atoms with Crippen molar-refractivity contribution in [1.29, 1.82) is 0 Å². The molecular weight excluding hydrogens is 835 g/mol. The zero-order valence-electron chi connectivity index (χ0n) is 37.7. The molecular formula is C49H63N5O11. The number of hydrogen-bond acceptors (Lipinski definition) is 12. The fourth-order valence-corrected chi connectivity index (χ4v) is 7.92. The third-order valence-corrected chi connectivity index (χ3v) is 11.9. The van der Waals surface area contributed by atoms with Gasteiger partial charge in [-0.2, -0.15) is 5.06 Å². The maximum absolute atomic E-state index is 14.4. The van der Waals surface area contributed by atoms with Gasteiger partial charge >= 0.3 is 5.97 Å². The summed E-state index contributed by atoms with van der Waals surface area (Å²) < 4.78 is 6.09. The van der Waals surface area contributed by atoms with E-state index in [1.807, 2.05) is 24.3 Å². The van der Waals surface area contributed by atoms with Gasteiger partial charge in [-0.1, -0.05) is 87.6 Å². The maximum Gasteiger partial charge on any atom is 0.325 e. The lowest BCUT2D eigenvalue weighted by molar-refractivity contribution is -0.156. The van der Waals surface area contributed by atoms with E-state index in [-0.39, 0.29) is 43.8 Å². The van der Waals surface area contributed by atoms with Gasteiger partial charge < -0.3 is 35.5 Å². The molecule has 0 saturated carbocycles. The number of aliphatic hydroxyl groups excluding tert-OH is 2. The van der Waals surface area contributed by atoms with Crippen molar-refractivity contribution in [2.24, 2.45) is 17.8 Å². The minimum atomic E-state index is -1.43. The van der Waals surface area contributed by atoms with Crippen LogP contribution >= 0.6 is 0 Å². The number of phenolic OH excluding ortho intramolecular Hbond substituents is 1. The molecule has 1 fully saturated rings. The summed E-state index contributed by atoms with van der Waals surface area (Å²) in [5.41, 5.74) is 5.78. The molecule has 2 aromatic rings. The molecule has 0 radical (unpaired) electrons. The Bertz CT molecular complexity index is 2150. The number of Topliss-reactive ketones (excluding diaryl/α,β-unsaturated/α-hetero) is 1. The van der Waals surface area contributed by atoms with Gasteiger partial charge in [0.05, 0.1) is 30.4 Å². The number of rotatable bonds is 9. The number of esters is 1. The van der Waals surface area contributed by atoms with Crippen LogP contribution in [0.15, 0.2) is 96.6 Å². The molecule has 0 aliphatic carbocycles. The Labute approximate surface area is 380 Å². The molecule has 5 rings (SSSR count). The summed E-state index contributed by atoms with van der Waals surface area (Å²) in [5.74, 6) is -5.85. The molecule has 65 heavy (non-hydrogen) atoms. The number of para-hydroxylation sites is 1. The number of nitrogens with zero attached hydrogens (tertiary/aromatic N) is 2. The van der Waals surface area contributed by atoms with E-state index in [1.54, 1.807) is 70.2 Å². The topological polar surface area (TPSA) is 224 Å². The average Bonchev–Trinajstić information content (AvgIpc) is 3.28. The molecule has 0 spiro atoms. The van der Waals surface area contributed by atoms with Crippen molar-refractivity contribution in [3.63, 3.8) is 0 Å². The van der Waals surface area contributed by atoms with Gasteiger partial charge in [0.2, 0.25) is 11.8 Å². The highest BCUT2D eigenvalue weighted by molar-refractivity contribution is 6.00. The number of fused-ring (bicyclic) bond motifs is 3. The lowest BCUT2D eigenvalue weighted by Crippen LogP contribution is -2.62. The molecule has 16 nitrogen and oxygen atoms in total. The molecule has 2 bridgehead atoms. The largest absolute Gasteiger partial charge is 0.508 e. The molecule has 3 aliphatic rings. The number of aliphatic hydroxyl groups is 2. The molecule has 6 N–H and O–H groups in total. The highest BCUT2D eigenvalue weighted by atomic mass is 16.7. The predicted octanol–water partition coefficient (Wildman–Crippen LogP) is 3.85. The van der Waals surface area contributed by atoms with Crippen LogP contribution in [0, 0.1) is 17.8 Å². The number of cyclic esters (lactones) is 1. The molecule has 16 heteroatoms. The number of phenols is 1. The van der Waals surface area contributed by atoms with Crippen molar-refractivity contribution in [3.05, 3.63) is 108 Å². The molecule has 1 unspecified atom stereocenters. The first kappa shape index (κ1) is 50.1. The Balaban J connectivity index is 1.46. The SMILES string of the molecule is CC(=O)CC[C@H]1C(=O)N[C@@H](C(C)C)C(=O)N[C@@H](Cc2cccc(O)c2)C(=O)N2CCCC(N2)C(=O)O[C@H](/C(C)=C/C=C/C(=O)N2OCCc3ccccc32)C/C=C/C=C/[C@H](O)[C@H](C)[C@H]1O. The predicted molar refractivity (Wildman–Crippen MR) is 242 cm³/mol. The standard InChI is InChI=1S/C49H63N5O11/c1-30(2)44-47(61)50-39(29-34-15-12-17-36(56)28-34)48(62)53-26-13-18-38(52-53)49(63)65-42(31(3)14-11-22-43(58)54-40-19-10-9-16-35(40)25-27-64-54)21-8-6-7-20-41(57)33(5)45(59)37(46(60)51-44)24-23-32(4)55/h6-12,14-17,19-20,22,28,30,33,37-39,41-42,44-45,52,56-57,59H,13,18,21,23-27,29H2,1-5H3,(H,50,61)(H,51,60)/b8-6+,20-7+,22-11+,31-14+/t33-,37+,38?,39-,41-,42-,44-,45+/m0/s1. The van der Waals surface area contributed by atoms with Gasteiger partial charge in [-0.3, -0.25) is 33.8 Å². The Morgan fingerprint density at radius 1 is 0.985 bits per heavy atom. The zero-order valence-corrected chi connectivity index (χ0v) is 37.7. The second kappa shape index (κ2) is 23.8. The first-order chi connectivity index (χ1) is 31.0. The summed E-state index contributed by atoms with van der Waals surface area (Å²) >= 11 is 0. The van der Waals surface area contributed by atoms with Gasteiger partial charge in [0.15, 0.2) is 0 Å². The quantitative estimate of drug-likeness (QED) is 0.120. The number of hydroxylamine groups is 1. The number of carbonyl (C=O) groups is 6. The lowest BCUT2D eigenvalue weighted by atomic mass is 9.84. The van der Waals surface area contributed by atoms with Gasteiger partial charge in [-0.25, -0.2) is 5.43 Å². The molecule has 2 aromatic carbocycles. The van der Waals surface area contributed by atoms with Crippen LogP contribution in [0.3, 0.4) is 0 Å². The molecule has 3 heterocycles. The van der Waals surface area contributed by atoms with Crippen LogP contribution in [0.25, 0.3) is 0 Å². The molecule has 4 amide bonds. The van der Waals surface area contributed by atoms with Crippen molar-refractivity contribution in [3.8, 4) is 5.75 Å². The van der Waals surface area contributed by atoms with E-state index < -0.39 is 83.8 Å². The number of hydrogen-bond donors (Lipinski definition) is 6. The third kappa shape index (κ3) is 14.0. The van der Waals surface area contributed by atoms with Crippen molar-refractivity contribution in [2.45, 2.75) is 116 Å². The fourth-order valence-electron chi connectivity index (χ4n) is 7.92. The smallest absolute Gasteiger partial charge is 0.325 e. The summed E-state index contributed by atoms with van der Waals surface area (Å²) in [6.45, 7) is 8.65. The number of hydrazine groups is 1. The zero-order chi connectivity index (χ0) is 47.2. The number of benzene rings is 2. The monoisotopic (exact) mass is 897 g/mol. The third-order valence-electron chi connectivity index (χ3n) is 11.9. The number of allylic oxidation sites excluding steroid dienone is 4. The first-order valence-electron chi connectivity index (χ1n) is 22.3. The van der Waals surface area contributed by atoms with E-state index in [4.69, 9.17) is 9.57 Å². The van der Waals surface area contributed by atoms with E-state index >= 15 is 0 Å². The highest BCUT2D eigenvalue weighted by Gasteiger charge is 2.39. The number of amides is 4. The summed E-state index contributed by atoms with van der Waals surface area (Å²) in [6, 6.07) is 10.3. The second-order valence-corrected chi connectivity index (χ2v) is 17.3. The Morgan fingerprint density at radius 3 is 2.49 bits per heavy atom. The van der Waals surface area contributed by atoms with Crippen LogP contribution in [-0.2, 0) is 51.2 Å². The normalized spacial score (nSPS) is 27.7. The Hall–Kier alpha value is -5.94. The highest BCUT2D eigenvalue weighted by Crippen LogP contribution is 2.27. The minimum Gasteiger partial charge on any atom is -0.508 e. The van der Waals surface area contributed by atoms with Crippen LogP contribution in [0.5, 0.6) is 5.75 Å². The van der Waals surface area contributed by atoms with Gasteiger partial charge in [0.25, 0.3) is 11.8 Å². The van der Waals surface area contributed by atoms with Crippen LogP contribution in [0.2, 0.25) is 0 Å². The Morgan fingerprint density at radius 2 is 1.75 bits per heavy atom. The minimum absolute atomic E-state index is 0.0352. The number of ketones is 1. The first-order valence-corrected chi connectivity index (χ1v) is 22.3. The van der Waals surface area contributed by atoms with Gasteiger partial charge in [0, 0.05) is 44.2 Å². The average molecular weight is 898 g/mol. The molecule has 350 valence electrons. The fraction of sp³-hybridized carbons (Fsp3) is 0.469. The van der Waals surface area contributed by atoms with Gasteiger partial charge in [-0.15, -0.1) is 0 Å². The van der Waals surface area contributed by atoms with Crippen molar-refractivity contribution >= 4 is 41.1 Å². The summed E-state index contributed by atoms with van der Waals surface area (Å²) in [4.78, 5) is 87.4. The van der Waals surface area contributed by atoms with Crippen LogP contribution in [-0.4, -0.2) is 105 Å². The summed E-state index contributed by atoms with van der Waals surface area (Å²) in [5, 5.41) is 41.0. The van der Waals surface area contributed by atoms with Crippen LogP contribution in [0.4, 0.5) is 5.69 Å². The number of nitrogens with one attached hydrogen (secondary N) is 3. The van der Waals surface area contributed by atoms with E-state index in [0.717, 1.165) is 5.56 Å². The van der Waals surface area contributed by atoms with Crippen molar-refractivity contribution in [1.82, 2.24) is 21.1 Å². The van der Waals surface area contributed by atoms with Crippen molar-refractivity contribution in [2.75, 3.05) is 18.2 Å². The van der Waals surface area contributed by atoms with Crippen LogP contribution in [0.1, 0.15) is 77.8 Å². The molecule has 8 atom stereocenters. The van der Waals surface area contributed by atoms with E-state index in [1.165, 1.54) is 41.3 Å². The van der Waals surface area contributed by atoms with E-state index in [9.17, 15) is 44.1 Å². The second-order valence-electron chi connectivity index (χ2n) is 17.3. The van der Waals surface area contributed by atoms with E-state index in [0.29, 0.717) is 42.7 Å². The van der Waals surface area contributed by atoms with Crippen LogP contribution < -0.4 is 21.1 Å². The lowest BCUT2D eigenvalue weighted by Gasteiger charge is -2.36. The van der Waals surface area contributed by atoms with Gasteiger partial charge in [-0.05, 0) is 73.9 Å². The van der Waals surface area contributed by atoms with Crippen molar-refractivity contribution < 1.29 is 53.7 Å². The summed E-state index contributed by atoms with van der Waals surface area (Å²) in [6.07, 6.45) is 8.91. The van der Waals surface area contributed by atoms with Gasteiger partial charge in [0.1, 0.15) is 35.8 Å². The number of carbonyl (C=O) groups excluding carboxylic acids is 6. The van der Waals surface area contributed by atoms with E-state index in [2.05, 4.69) is 16.1 Å². The number of aromatic hydroxyl groups is 1.